The summed E-state index contributed by atoms with van der Waals surface area (Å²) >= 11 is 1.56. The first kappa shape index (κ1) is 18.6. The van der Waals surface area contributed by atoms with Crippen molar-refractivity contribution in [3.63, 3.8) is 0 Å². The normalized spacial score (nSPS) is 11.4. The number of ether oxygens (including phenoxy) is 1. The van der Waals surface area contributed by atoms with E-state index < -0.39 is 5.97 Å². The van der Waals surface area contributed by atoms with Crippen LogP contribution in [0.1, 0.15) is 25.0 Å². The molecule has 1 aromatic carbocycles. The zero-order valence-electron chi connectivity index (χ0n) is 15.1. The standard InChI is InChI=1S/C21H19N3O2S/c1-15(2)26-21(25)17(12-22)11-18-14-24(13-16-7-4-3-5-8-16)23-20(18)19-9-6-10-27-19/h3-11,14-15H,13H2,1-2H3/b17-11+. The Bertz CT molecular complexity index is 980. The minimum atomic E-state index is -0.625. The first-order valence-electron chi connectivity index (χ1n) is 8.55. The van der Waals surface area contributed by atoms with Gasteiger partial charge in [0.05, 0.1) is 17.5 Å². The van der Waals surface area contributed by atoms with Gasteiger partial charge in [-0.1, -0.05) is 36.4 Å². The lowest BCUT2D eigenvalue weighted by atomic mass is 10.1. The highest BCUT2D eigenvalue weighted by Crippen LogP contribution is 2.28. The average molecular weight is 377 g/mol. The Hall–Kier alpha value is -3.17. The number of nitriles is 1. The van der Waals surface area contributed by atoms with Crippen LogP contribution in [0.4, 0.5) is 0 Å². The summed E-state index contributed by atoms with van der Waals surface area (Å²) < 4.78 is 6.97. The van der Waals surface area contributed by atoms with Gasteiger partial charge in [-0.25, -0.2) is 4.79 Å². The van der Waals surface area contributed by atoms with Gasteiger partial charge in [-0.05, 0) is 36.9 Å². The maximum Gasteiger partial charge on any atom is 0.349 e. The topological polar surface area (TPSA) is 67.9 Å². The number of hydrogen-bond donors (Lipinski definition) is 0. The summed E-state index contributed by atoms with van der Waals surface area (Å²) in [7, 11) is 0. The average Bonchev–Trinajstić information content (AvgIpc) is 3.29. The molecule has 2 heterocycles. The third-order valence-corrected chi connectivity index (χ3v) is 4.59. The quantitative estimate of drug-likeness (QED) is 0.360. The lowest BCUT2D eigenvalue weighted by Crippen LogP contribution is -2.12. The van der Waals surface area contributed by atoms with Crippen molar-refractivity contribution in [2.24, 2.45) is 0 Å². The highest BCUT2D eigenvalue weighted by molar-refractivity contribution is 7.13. The van der Waals surface area contributed by atoms with E-state index in [0.29, 0.717) is 12.1 Å². The van der Waals surface area contributed by atoms with Crippen LogP contribution >= 0.6 is 11.3 Å². The van der Waals surface area contributed by atoms with Crippen LogP contribution in [0, 0.1) is 11.3 Å². The highest BCUT2D eigenvalue weighted by Gasteiger charge is 2.16. The Labute approximate surface area is 162 Å². The van der Waals surface area contributed by atoms with E-state index in [1.807, 2.05) is 64.8 Å². The van der Waals surface area contributed by atoms with Gasteiger partial charge in [-0.15, -0.1) is 11.3 Å². The van der Waals surface area contributed by atoms with Crippen LogP contribution in [0.5, 0.6) is 0 Å². The first-order valence-corrected chi connectivity index (χ1v) is 9.43. The Morgan fingerprint density at radius 3 is 2.70 bits per heavy atom. The van der Waals surface area contributed by atoms with Crippen molar-refractivity contribution in [1.82, 2.24) is 9.78 Å². The molecule has 0 aliphatic carbocycles. The van der Waals surface area contributed by atoms with Gasteiger partial charge in [0.15, 0.2) is 0 Å². The fraction of sp³-hybridized carbons (Fsp3) is 0.190. The SMILES string of the molecule is CC(C)OC(=O)/C(C#N)=C/c1cn(Cc2ccccc2)nc1-c1cccs1. The summed E-state index contributed by atoms with van der Waals surface area (Å²) in [5.74, 6) is -0.625. The van der Waals surface area contributed by atoms with E-state index in [1.54, 1.807) is 31.3 Å². The van der Waals surface area contributed by atoms with Crippen LogP contribution in [0.15, 0.2) is 59.6 Å². The number of rotatable bonds is 6. The molecule has 6 heteroatoms. The molecule has 0 aliphatic heterocycles. The molecular weight excluding hydrogens is 358 g/mol. The summed E-state index contributed by atoms with van der Waals surface area (Å²) in [5.41, 5.74) is 2.53. The van der Waals surface area contributed by atoms with Gasteiger partial charge in [-0.3, -0.25) is 4.68 Å². The van der Waals surface area contributed by atoms with E-state index in [0.717, 1.165) is 16.1 Å². The van der Waals surface area contributed by atoms with Gasteiger partial charge in [0, 0.05) is 11.8 Å². The molecule has 136 valence electrons. The number of benzene rings is 1. The maximum absolute atomic E-state index is 12.1. The number of thiophene rings is 1. The molecule has 0 saturated carbocycles. The van der Waals surface area contributed by atoms with E-state index in [2.05, 4.69) is 5.10 Å². The smallest absolute Gasteiger partial charge is 0.349 e. The molecular formula is C21H19N3O2S. The third kappa shape index (κ3) is 4.72. The molecule has 0 amide bonds. The number of carbonyl (C=O) groups excluding carboxylic acids is 1. The second-order valence-corrected chi connectivity index (χ2v) is 7.17. The van der Waals surface area contributed by atoms with Crippen molar-refractivity contribution in [3.8, 4) is 16.6 Å². The molecule has 0 spiro atoms. The van der Waals surface area contributed by atoms with E-state index in [1.165, 1.54) is 0 Å². The van der Waals surface area contributed by atoms with E-state index in [4.69, 9.17) is 4.74 Å². The second kappa shape index (κ2) is 8.47. The zero-order valence-corrected chi connectivity index (χ0v) is 15.9. The molecule has 0 fully saturated rings. The van der Waals surface area contributed by atoms with Gasteiger partial charge >= 0.3 is 5.97 Å². The number of hydrogen-bond acceptors (Lipinski definition) is 5. The summed E-state index contributed by atoms with van der Waals surface area (Å²) in [6.07, 6.45) is 3.11. The molecule has 0 N–H and O–H groups in total. The Morgan fingerprint density at radius 1 is 1.30 bits per heavy atom. The van der Waals surface area contributed by atoms with Crippen molar-refractivity contribution >= 4 is 23.4 Å². The number of nitrogens with zero attached hydrogens (tertiary/aromatic N) is 3. The lowest BCUT2D eigenvalue weighted by Gasteiger charge is -2.06. The number of esters is 1. The van der Waals surface area contributed by atoms with Crippen molar-refractivity contribution in [3.05, 3.63) is 70.7 Å². The Kier molecular flexibility index (Phi) is 5.84. The molecule has 0 unspecified atom stereocenters. The molecule has 27 heavy (non-hydrogen) atoms. The minimum Gasteiger partial charge on any atom is -0.459 e. The predicted molar refractivity (Wildman–Crippen MR) is 106 cm³/mol. The molecule has 2 aromatic heterocycles. The first-order chi connectivity index (χ1) is 13.1. The van der Waals surface area contributed by atoms with Crippen molar-refractivity contribution in [2.45, 2.75) is 26.5 Å². The van der Waals surface area contributed by atoms with Crippen molar-refractivity contribution < 1.29 is 9.53 Å². The molecule has 3 rings (SSSR count). The largest absolute Gasteiger partial charge is 0.459 e. The highest BCUT2D eigenvalue weighted by atomic mass is 32.1. The number of carbonyl (C=O) groups is 1. The molecule has 5 nitrogen and oxygen atoms in total. The van der Waals surface area contributed by atoms with Crippen LogP contribution in [0.25, 0.3) is 16.6 Å². The molecule has 0 radical (unpaired) electrons. The molecule has 0 aliphatic rings. The van der Waals surface area contributed by atoms with Crippen molar-refractivity contribution in [2.75, 3.05) is 0 Å². The van der Waals surface area contributed by atoms with Crippen LogP contribution in [-0.4, -0.2) is 21.9 Å². The fourth-order valence-electron chi connectivity index (χ4n) is 2.57. The summed E-state index contributed by atoms with van der Waals surface area (Å²) in [6, 6.07) is 15.8. The van der Waals surface area contributed by atoms with Gasteiger partial charge < -0.3 is 4.74 Å². The monoisotopic (exact) mass is 377 g/mol. The second-order valence-electron chi connectivity index (χ2n) is 6.22. The zero-order chi connectivity index (χ0) is 19.2. The van der Waals surface area contributed by atoms with Gasteiger partial charge in [-0.2, -0.15) is 10.4 Å². The molecule has 0 saturated heterocycles. The summed E-state index contributed by atoms with van der Waals surface area (Å²) in [5, 5.41) is 16.0. The van der Waals surface area contributed by atoms with Crippen LogP contribution in [0.3, 0.4) is 0 Å². The predicted octanol–water partition coefficient (Wildman–Crippen LogP) is 4.52. The van der Waals surface area contributed by atoms with Crippen molar-refractivity contribution in [1.29, 1.82) is 5.26 Å². The number of aromatic nitrogens is 2. The van der Waals surface area contributed by atoms with Crippen LogP contribution < -0.4 is 0 Å². The summed E-state index contributed by atoms with van der Waals surface area (Å²) in [6.45, 7) is 4.11. The lowest BCUT2D eigenvalue weighted by molar-refractivity contribution is -0.142. The Balaban J connectivity index is 1.99. The third-order valence-electron chi connectivity index (χ3n) is 3.71. The summed E-state index contributed by atoms with van der Waals surface area (Å²) in [4.78, 5) is 13.1. The minimum absolute atomic E-state index is 0.0410. The van der Waals surface area contributed by atoms with Crippen LogP contribution in [-0.2, 0) is 16.1 Å². The van der Waals surface area contributed by atoms with Gasteiger partial charge in [0.1, 0.15) is 17.3 Å². The molecule has 0 bridgehead atoms. The Morgan fingerprint density at radius 2 is 2.07 bits per heavy atom. The molecule has 3 aromatic rings. The van der Waals surface area contributed by atoms with Crippen LogP contribution in [0.2, 0.25) is 0 Å². The van der Waals surface area contributed by atoms with Gasteiger partial charge in [0.2, 0.25) is 0 Å². The van der Waals surface area contributed by atoms with E-state index in [-0.39, 0.29) is 11.7 Å². The van der Waals surface area contributed by atoms with E-state index in [9.17, 15) is 10.1 Å². The van der Waals surface area contributed by atoms with Gasteiger partial charge in [0.25, 0.3) is 0 Å². The maximum atomic E-state index is 12.1. The van der Waals surface area contributed by atoms with E-state index >= 15 is 0 Å². The molecule has 0 atom stereocenters. The fourth-order valence-corrected chi connectivity index (χ4v) is 3.30.